The number of H-pyrrole nitrogens is 1. The van der Waals surface area contributed by atoms with Gasteiger partial charge in [0.2, 0.25) is 5.82 Å². The van der Waals surface area contributed by atoms with Crippen molar-refractivity contribution in [3.8, 4) is 11.5 Å². The summed E-state index contributed by atoms with van der Waals surface area (Å²) in [6.07, 6.45) is 1.42. The van der Waals surface area contributed by atoms with Crippen molar-refractivity contribution in [3.05, 3.63) is 6.20 Å². The molecular formula is C7H9N7O2. The predicted molar refractivity (Wildman–Crippen MR) is 50.2 cm³/mol. The Morgan fingerprint density at radius 3 is 2.88 bits per heavy atom. The molecule has 0 aliphatic carbocycles. The van der Waals surface area contributed by atoms with E-state index in [4.69, 9.17) is 5.11 Å². The van der Waals surface area contributed by atoms with E-state index >= 15 is 0 Å². The van der Waals surface area contributed by atoms with Gasteiger partial charge in [-0.1, -0.05) is 0 Å². The van der Waals surface area contributed by atoms with Crippen LogP contribution in [0.3, 0.4) is 0 Å². The van der Waals surface area contributed by atoms with Crippen LogP contribution in [0.5, 0.6) is 0 Å². The number of carboxylic acids is 1. The van der Waals surface area contributed by atoms with E-state index in [1.807, 2.05) is 0 Å². The number of aliphatic carboxylic acids is 1. The lowest BCUT2D eigenvalue weighted by molar-refractivity contribution is -0.146. The highest BCUT2D eigenvalue weighted by molar-refractivity contribution is 5.76. The van der Waals surface area contributed by atoms with Crippen LogP contribution in [0, 0.1) is 0 Å². The number of aromatic nitrogens is 7. The van der Waals surface area contributed by atoms with E-state index in [2.05, 4.69) is 30.9 Å². The average molecular weight is 223 g/mol. The number of carbonyl (C=O) groups is 1. The van der Waals surface area contributed by atoms with Crippen molar-refractivity contribution in [1.29, 1.82) is 0 Å². The van der Waals surface area contributed by atoms with Gasteiger partial charge < -0.3 is 5.11 Å². The van der Waals surface area contributed by atoms with Gasteiger partial charge in [-0.2, -0.15) is 15.4 Å². The SMILES string of the molecule is CC(C)(C(=O)O)n1nnnc1-c1cn[nH]n1. The summed E-state index contributed by atoms with van der Waals surface area (Å²) < 4.78 is 1.19. The molecule has 84 valence electrons. The van der Waals surface area contributed by atoms with Gasteiger partial charge in [-0.25, -0.2) is 9.48 Å². The van der Waals surface area contributed by atoms with Crippen molar-refractivity contribution in [2.24, 2.45) is 0 Å². The summed E-state index contributed by atoms with van der Waals surface area (Å²) in [5, 5.41) is 29.7. The molecule has 0 saturated carbocycles. The first-order valence-electron chi connectivity index (χ1n) is 4.42. The molecule has 0 saturated heterocycles. The molecule has 0 radical (unpaired) electrons. The molecule has 0 amide bonds. The lowest BCUT2D eigenvalue weighted by Crippen LogP contribution is -2.37. The molecule has 16 heavy (non-hydrogen) atoms. The Morgan fingerprint density at radius 1 is 1.56 bits per heavy atom. The Hall–Kier alpha value is -2.32. The van der Waals surface area contributed by atoms with E-state index < -0.39 is 11.5 Å². The highest BCUT2D eigenvalue weighted by Gasteiger charge is 2.34. The van der Waals surface area contributed by atoms with Gasteiger partial charge in [0.15, 0.2) is 11.2 Å². The highest BCUT2D eigenvalue weighted by Crippen LogP contribution is 2.20. The molecule has 2 aromatic rings. The van der Waals surface area contributed by atoms with Crippen molar-refractivity contribution in [2.75, 3.05) is 0 Å². The predicted octanol–water partition coefficient (Wildman–Crippen LogP) is -0.722. The van der Waals surface area contributed by atoms with Crippen molar-refractivity contribution < 1.29 is 9.90 Å². The molecule has 0 unspecified atom stereocenters. The molecule has 2 aromatic heterocycles. The molecular weight excluding hydrogens is 214 g/mol. The van der Waals surface area contributed by atoms with Crippen LogP contribution < -0.4 is 0 Å². The molecule has 0 spiro atoms. The summed E-state index contributed by atoms with van der Waals surface area (Å²) in [4.78, 5) is 11.1. The average Bonchev–Trinajstić information content (AvgIpc) is 2.88. The first kappa shape index (κ1) is 10.2. The van der Waals surface area contributed by atoms with E-state index in [0.29, 0.717) is 5.69 Å². The molecule has 2 heterocycles. The van der Waals surface area contributed by atoms with Crippen LogP contribution in [-0.4, -0.2) is 46.7 Å². The van der Waals surface area contributed by atoms with E-state index in [0.717, 1.165) is 0 Å². The van der Waals surface area contributed by atoms with Crippen LogP contribution in [0.2, 0.25) is 0 Å². The van der Waals surface area contributed by atoms with Crippen LogP contribution in [0.15, 0.2) is 6.20 Å². The number of nitrogens with one attached hydrogen (secondary N) is 1. The Labute approximate surface area is 89.5 Å². The monoisotopic (exact) mass is 223 g/mol. The third-order valence-corrected chi connectivity index (χ3v) is 2.17. The van der Waals surface area contributed by atoms with Crippen molar-refractivity contribution in [2.45, 2.75) is 19.4 Å². The fourth-order valence-corrected chi connectivity index (χ4v) is 1.12. The molecule has 9 heteroatoms. The number of hydrogen-bond acceptors (Lipinski definition) is 6. The number of carboxylic acid groups (broad SMARTS) is 1. The maximum absolute atomic E-state index is 11.1. The number of aromatic amines is 1. The zero-order chi connectivity index (χ0) is 11.8. The highest BCUT2D eigenvalue weighted by atomic mass is 16.4. The molecule has 0 aromatic carbocycles. The van der Waals surface area contributed by atoms with Gasteiger partial charge in [0.05, 0.1) is 6.20 Å². The third-order valence-electron chi connectivity index (χ3n) is 2.17. The summed E-state index contributed by atoms with van der Waals surface area (Å²) in [5.74, 6) is -0.786. The minimum Gasteiger partial charge on any atom is -0.479 e. The van der Waals surface area contributed by atoms with Crippen LogP contribution in [-0.2, 0) is 10.3 Å². The number of rotatable bonds is 3. The Kier molecular flexibility index (Phi) is 2.15. The first-order valence-corrected chi connectivity index (χ1v) is 4.42. The molecule has 0 aliphatic rings. The maximum atomic E-state index is 11.1. The fourth-order valence-electron chi connectivity index (χ4n) is 1.12. The standard InChI is InChI=1S/C7H9N7O2/c1-7(2,6(15)16)14-5(10-12-13-14)4-3-8-11-9-4/h3H,1-2H3,(H,15,16)(H,8,9,11). The smallest absolute Gasteiger partial charge is 0.331 e. The second kappa shape index (κ2) is 3.36. The molecule has 0 atom stereocenters. The maximum Gasteiger partial charge on any atom is 0.331 e. The second-order valence-corrected chi connectivity index (χ2v) is 3.63. The van der Waals surface area contributed by atoms with Crippen molar-refractivity contribution in [1.82, 2.24) is 35.6 Å². The summed E-state index contributed by atoms with van der Waals surface area (Å²) in [5.41, 5.74) is -0.864. The third kappa shape index (κ3) is 1.42. The Bertz CT molecular complexity index is 501. The lowest BCUT2D eigenvalue weighted by Gasteiger charge is -2.19. The topological polar surface area (TPSA) is 122 Å². The molecule has 9 nitrogen and oxygen atoms in total. The van der Waals surface area contributed by atoms with Crippen molar-refractivity contribution >= 4 is 5.97 Å². The molecule has 0 bridgehead atoms. The zero-order valence-corrected chi connectivity index (χ0v) is 8.62. The summed E-state index contributed by atoms with van der Waals surface area (Å²) in [6.45, 7) is 2.99. The van der Waals surface area contributed by atoms with Gasteiger partial charge in [0.25, 0.3) is 0 Å². The molecule has 0 aliphatic heterocycles. The van der Waals surface area contributed by atoms with E-state index in [1.165, 1.54) is 24.7 Å². The minimum atomic E-state index is -1.25. The van der Waals surface area contributed by atoms with Crippen LogP contribution in [0.25, 0.3) is 11.5 Å². The zero-order valence-electron chi connectivity index (χ0n) is 8.62. The van der Waals surface area contributed by atoms with E-state index in [-0.39, 0.29) is 5.82 Å². The largest absolute Gasteiger partial charge is 0.479 e. The fraction of sp³-hybridized carbons (Fsp3) is 0.429. The van der Waals surface area contributed by atoms with E-state index in [9.17, 15) is 4.79 Å². The van der Waals surface area contributed by atoms with Crippen LogP contribution in [0.4, 0.5) is 0 Å². The summed E-state index contributed by atoms with van der Waals surface area (Å²) >= 11 is 0. The lowest BCUT2D eigenvalue weighted by atomic mass is 10.1. The second-order valence-electron chi connectivity index (χ2n) is 3.63. The van der Waals surface area contributed by atoms with Gasteiger partial charge in [0.1, 0.15) is 0 Å². The Morgan fingerprint density at radius 2 is 2.31 bits per heavy atom. The normalized spacial score (nSPS) is 11.6. The van der Waals surface area contributed by atoms with E-state index in [1.54, 1.807) is 0 Å². The van der Waals surface area contributed by atoms with Crippen LogP contribution >= 0.6 is 0 Å². The quantitative estimate of drug-likeness (QED) is 0.703. The van der Waals surface area contributed by atoms with Gasteiger partial charge in [-0.05, 0) is 24.3 Å². The Balaban J connectivity index is 2.52. The van der Waals surface area contributed by atoms with Gasteiger partial charge in [-0.3, -0.25) is 0 Å². The van der Waals surface area contributed by atoms with Crippen molar-refractivity contribution in [3.63, 3.8) is 0 Å². The van der Waals surface area contributed by atoms with Gasteiger partial charge >= 0.3 is 5.97 Å². The molecule has 0 fully saturated rings. The summed E-state index contributed by atoms with van der Waals surface area (Å²) in [7, 11) is 0. The van der Waals surface area contributed by atoms with Gasteiger partial charge in [-0.15, -0.1) is 5.10 Å². The number of nitrogens with zero attached hydrogens (tertiary/aromatic N) is 6. The molecule has 2 N–H and O–H groups in total. The minimum absolute atomic E-state index is 0.251. The van der Waals surface area contributed by atoms with Gasteiger partial charge in [0, 0.05) is 0 Å². The first-order chi connectivity index (χ1) is 7.53. The number of hydrogen-bond donors (Lipinski definition) is 2. The number of tetrazole rings is 1. The summed E-state index contributed by atoms with van der Waals surface area (Å²) in [6, 6.07) is 0. The van der Waals surface area contributed by atoms with Crippen LogP contribution in [0.1, 0.15) is 13.8 Å². The molecule has 2 rings (SSSR count).